The Labute approximate surface area is 237 Å². The minimum Gasteiger partial charge on any atom is -0.396 e. The summed E-state index contributed by atoms with van der Waals surface area (Å²) in [5, 5.41) is 19.4. The molecule has 0 saturated carbocycles. The standard InChI is InChI=1S/C32H31N5O4/c1-3-14-36-27-11-10-23(37-28-9-5-7-21-6-4-8-25(29(21)28)30(37)39)18-26(27)32(31(36)40)20(2)17-24(41-32)12-15-35-19-22(13-16-38)33-34-35/h3-11,18-20,24,38H,1,12-17H2,2H3/t20-,24+,32+/m1/s1. The van der Waals surface area contributed by atoms with Crippen LogP contribution in [0.4, 0.5) is 17.1 Å². The number of fused-ring (bicyclic) bond motifs is 2. The summed E-state index contributed by atoms with van der Waals surface area (Å²) in [6, 6.07) is 17.6. The Morgan fingerprint density at radius 2 is 1.98 bits per heavy atom. The van der Waals surface area contributed by atoms with Crippen molar-refractivity contribution in [2.45, 2.75) is 44.4 Å². The SMILES string of the molecule is C=CCN1C(=O)[C@@]2(O[C@@H](CCn3cc(CCO)nn3)C[C@H]2C)c2cc(N3C(=O)c4cccc5cccc3c45)ccc21. The minimum absolute atomic E-state index is 0.0272. The molecule has 3 aliphatic rings. The van der Waals surface area contributed by atoms with Crippen LogP contribution >= 0.6 is 0 Å². The molecule has 1 saturated heterocycles. The van der Waals surface area contributed by atoms with Gasteiger partial charge in [0.2, 0.25) is 0 Å². The van der Waals surface area contributed by atoms with Crippen molar-refractivity contribution in [2.75, 3.05) is 23.0 Å². The van der Waals surface area contributed by atoms with E-state index in [4.69, 9.17) is 9.84 Å². The second-order valence-corrected chi connectivity index (χ2v) is 11.1. The van der Waals surface area contributed by atoms with Crippen LogP contribution in [0.15, 0.2) is 73.4 Å². The smallest absolute Gasteiger partial charge is 0.264 e. The number of aromatic nitrogens is 3. The van der Waals surface area contributed by atoms with Crippen molar-refractivity contribution >= 4 is 39.6 Å². The maximum absolute atomic E-state index is 14.1. The van der Waals surface area contributed by atoms with Gasteiger partial charge in [0.1, 0.15) is 0 Å². The molecule has 1 spiro atoms. The van der Waals surface area contributed by atoms with Crippen molar-refractivity contribution in [3.8, 4) is 0 Å². The summed E-state index contributed by atoms with van der Waals surface area (Å²) in [7, 11) is 0. The van der Waals surface area contributed by atoms with Gasteiger partial charge >= 0.3 is 0 Å². The van der Waals surface area contributed by atoms with E-state index in [9.17, 15) is 9.59 Å². The second-order valence-electron chi connectivity index (χ2n) is 11.1. The summed E-state index contributed by atoms with van der Waals surface area (Å²) in [4.78, 5) is 31.3. The van der Waals surface area contributed by atoms with E-state index in [-0.39, 0.29) is 30.4 Å². The molecule has 0 bridgehead atoms. The van der Waals surface area contributed by atoms with Gasteiger partial charge in [-0.2, -0.15) is 0 Å². The Bertz CT molecular complexity index is 1710. The molecule has 0 radical (unpaired) electrons. The van der Waals surface area contributed by atoms with E-state index in [0.29, 0.717) is 43.6 Å². The predicted molar refractivity (Wildman–Crippen MR) is 155 cm³/mol. The van der Waals surface area contributed by atoms with Crippen LogP contribution in [-0.2, 0) is 28.1 Å². The topological polar surface area (TPSA) is 101 Å². The van der Waals surface area contributed by atoms with Crippen molar-refractivity contribution in [1.82, 2.24) is 15.0 Å². The highest BCUT2D eigenvalue weighted by atomic mass is 16.5. The third-order valence-corrected chi connectivity index (χ3v) is 8.66. The number of amides is 2. The molecule has 3 atom stereocenters. The van der Waals surface area contributed by atoms with Gasteiger partial charge < -0.3 is 14.7 Å². The van der Waals surface area contributed by atoms with Crippen molar-refractivity contribution in [1.29, 1.82) is 0 Å². The molecule has 0 unspecified atom stereocenters. The van der Waals surface area contributed by atoms with E-state index in [2.05, 4.69) is 23.8 Å². The zero-order valence-electron chi connectivity index (χ0n) is 22.9. The number of hydrogen-bond acceptors (Lipinski definition) is 6. The number of aryl methyl sites for hydroxylation is 1. The number of carbonyl (C=O) groups is 2. The fraction of sp³-hybridized carbons (Fsp3) is 0.312. The van der Waals surface area contributed by atoms with Crippen LogP contribution in [0.2, 0.25) is 0 Å². The van der Waals surface area contributed by atoms with Gasteiger partial charge in [-0.3, -0.25) is 19.2 Å². The second kappa shape index (κ2) is 9.64. The van der Waals surface area contributed by atoms with E-state index in [0.717, 1.165) is 33.4 Å². The Hall–Kier alpha value is -4.34. The van der Waals surface area contributed by atoms with Crippen LogP contribution in [0.1, 0.15) is 41.4 Å². The number of anilines is 3. The highest BCUT2D eigenvalue weighted by Gasteiger charge is 2.60. The number of aliphatic hydroxyl groups excluding tert-OH is 1. The summed E-state index contributed by atoms with van der Waals surface area (Å²) >= 11 is 0. The lowest BCUT2D eigenvalue weighted by atomic mass is 9.82. The normalized spacial score (nSPS) is 22.9. The third kappa shape index (κ3) is 3.76. The molecule has 3 aromatic carbocycles. The number of carbonyl (C=O) groups excluding carboxylic acids is 2. The molecular formula is C32H31N5O4. The first-order valence-electron chi connectivity index (χ1n) is 14.1. The van der Waals surface area contributed by atoms with Crippen LogP contribution < -0.4 is 9.80 Å². The van der Waals surface area contributed by atoms with Gasteiger partial charge in [0.05, 0.1) is 28.7 Å². The first kappa shape index (κ1) is 25.6. The number of aliphatic hydroxyl groups is 1. The van der Waals surface area contributed by atoms with Crippen LogP contribution in [0.25, 0.3) is 10.8 Å². The maximum atomic E-state index is 14.1. The Balaban J connectivity index is 1.24. The monoisotopic (exact) mass is 549 g/mol. The van der Waals surface area contributed by atoms with Gasteiger partial charge in [-0.1, -0.05) is 42.5 Å². The predicted octanol–water partition coefficient (Wildman–Crippen LogP) is 4.50. The number of hydrogen-bond donors (Lipinski definition) is 1. The van der Waals surface area contributed by atoms with Gasteiger partial charge in [-0.15, -0.1) is 11.7 Å². The maximum Gasteiger partial charge on any atom is 0.264 e. The molecule has 7 rings (SSSR count). The summed E-state index contributed by atoms with van der Waals surface area (Å²) < 4.78 is 8.50. The van der Waals surface area contributed by atoms with Crippen LogP contribution in [0.5, 0.6) is 0 Å². The van der Waals surface area contributed by atoms with E-state index in [1.54, 1.807) is 20.6 Å². The molecule has 0 aliphatic carbocycles. The minimum atomic E-state index is -1.15. The molecule has 1 fully saturated rings. The number of ether oxygens (including phenoxy) is 1. The van der Waals surface area contributed by atoms with Crippen molar-refractivity contribution in [2.24, 2.45) is 5.92 Å². The summed E-state index contributed by atoms with van der Waals surface area (Å²) in [6.45, 7) is 6.93. The molecule has 9 nitrogen and oxygen atoms in total. The summed E-state index contributed by atoms with van der Waals surface area (Å²) in [6.07, 6.45) is 5.24. The fourth-order valence-corrected chi connectivity index (χ4v) is 6.81. The molecule has 41 heavy (non-hydrogen) atoms. The zero-order chi connectivity index (χ0) is 28.3. The third-order valence-electron chi connectivity index (χ3n) is 8.66. The molecule has 208 valence electrons. The lowest BCUT2D eigenvalue weighted by molar-refractivity contribution is -0.145. The van der Waals surface area contributed by atoms with Crippen molar-refractivity contribution < 1.29 is 19.4 Å². The average molecular weight is 550 g/mol. The first-order chi connectivity index (χ1) is 20.0. The Morgan fingerprint density at radius 3 is 2.78 bits per heavy atom. The van der Waals surface area contributed by atoms with Crippen molar-refractivity contribution in [3.05, 3.63) is 90.3 Å². The highest BCUT2D eigenvalue weighted by Crippen LogP contribution is 2.55. The van der Waals surface area contributed by atoms with Crippen molar-refractivity contribution in [3.63, 3.8) is 0 Å². The van der Waals surface area contributed by atoms with Crippen LogP contribution in [0.3, 0.4) is 0 Å². The molecule has 1 N–H and O–H groups in total. The zero-order valence-corrected chi connectivity index (χ0v) is 22.9. The van der Waals surface area contributed by atoms with E-state index < -0.39 is 5.60 Å². The number of rotatable bonds is 8. The van der Waals surface area contributed by atoms with Gasteiger partial charge in [0, 0.05) is 54.9 Å². The van der Waals surface area contributed by atoms with Gasteiger partial charge in [0.15, 0.2) is 5.60 Å². The molecular weight excluding hydrogens is 518 g/mol. The van der Waals surface area contributed by atoms with Crippen LogP contribution in [-0.4, -0.2) is 51.2 Å². The molecule has 3 aliphatic heterocycles. The average Bonchev–Trinajstić information content (AvgIpc) is 3.70. The molecule has 4 aromatic rings. The van der Waals surface area contributed by atoms with Gasteiger partial charge in [-0.05, 0) is 48.6 Å². The largest absolute Gasteiger partial charge is 0.396 e. The van der Waals surface area contributed by atoms with Crippen LogP contribution in [0, 0.1) is 5.92 Å². The molecule has 2 amide bonds. The highest BCUT2D eigenvalue weighted by molar-refractivity contribution is 6.28. The van der Waals surface area contributed by atoms with E-state index in [1.165, 1.54) is 0 Å². The van der Waals surface area contributed by atoms with Gasteiger partial charge in [0.25, 0.3) is 11.8 Å². The first-order valence-corrected chi connectivity index (χ1v) is 14.1. The lowest BCUT2D eigenvalue weighted by Crippen LogP contribution is -2.44. The van der Waals surface area contributed by atoms with Gasteiger partial charge in [-0.25, -0.2) is 0 Å². The fourth-order valence-electron chi connectivity index (χ4n) is 6.81. The summed E-state index contributed by atoms with van der Waals surface area (Å²) in [5.41, 5.74) is 3.41. The summed E-state index contributed by atoms with van der Waals surface area (Å²) in [5.74, 6) is -0.257. The molecule has 9 heteroatoms. The Morgan fingerprint density at radius 1 is 1.15 bits per heavy atom. The molecule has 1 aromatic heterocycles. The quantitative estimate of drug-likeness (QED) is 0.325. The van der Waals surface area contributed by atoms with E-state index >= 15 is 0 Å². The number of nitrogens with zero attached hydrogens (tertiary/aromatic N) is 5. The van der Waals surface area contributed by atoms with E-state index in [1.807, 2.05) is 60.8 Å². The Kier molecular flexibility index (Phi) is 6.02. The number of benzene rings is 3. The lowest BCUT2D eigenvalue weighted by Gasteiger charge is -2.28. The molecule has 4 heterocycles.